The molecule has 4 rings (SSSR count). The van der Waals surface area contributed by atoms with Gasteiger partial charge in [0, 0.05) is 17.9 Å². The fraction of sp³-hybridized carbons (Fsp3) is 0.250. The first-order valence-corrected chi connectivity index (χ1v) is 7.89. The van der Waals surface area contributed by atoms with Crippen LogP contribution in [-0.2, 0) is 13.0 Å². The molecule has 2 heterocycles. The van der Waals surface area contributed by atoms with E-state index in [4.69, 9.17) is 9.47 Å². The lowest BCUT2D eigenvalue weighted by molar-refractivity contribution is -0.686. The summed E-state index contributed by atoms with van der Waals surface area (Å²) < 4.78 is 13.3. The molecule has 2 aromatic carbocycles. The third-order valence-corrected chi connectivity index (χ3v) is 4.65. The van der Waals surface area contributed by atoms with Crippen molar-refractivity contribution >= 4 is 10.8 Å². The van der Waals surface area contributed by atoms with E-state index in [0.29, 0.717) is 0 Å². The van der Waals surface area contributed by atoms with Crippen molar-refractivity contribution in [1.29, 1.82) is 0 Å². The molecule has 0 spiro atoms. The lowest BCUT2D eigenvalue weighted by Gasteiger charge is -2.18. The molecule has 1 aliphatic rings. The molecule has 0 fully saturated rings. The zero-order valence-corrected chi connectivity index (χ0v) is 13.7. The van der Waals surface area contributed by atoms with Gasteiger partial charge in [-0.25, -0.2) is 0 Å². The van der Waals surface area contributed by atoms with Gasteiger partial charge in [-0.2, -0.15) is 4.57 Å². The molecule has 0 unspecified atom stereocenters. The smallest absolute Gasteiger partial charge is 0.213 e. The van der Waals surface area contributed by atoms with Crippen LogP contribution in [0.15, 0.2) is 42.6 Å². The Morgan fingerprint density at radius 1 is 0.913 bits per heavy atom. The number of ether oxygens (including phenoxy) is 2. The summed E-state index contributed by atoms with van der Waals surface area (Å²) in [6.07, 6.45) is 3.27. The molecule has 3 aromatic rings. The Morgan fingerprint density at radius 3 is 2.48 bits per heavy atom. The van der Waals surface area contributed by atoms with Crippen molar-refractivity contribution in [3.63, 3.8) is 0 Å². The van der Waals surface area contributed by atoms with E-state index in [0.717, 1.165) is 24.5 Å². The molecular formula is C20H20NO2+. The molecule has 0 amide bonds. The largest absolute Gasteiger partial charge is 0.493 e. The highest BCUT2D eigenvalue weighted by molar-refractivity contribution is 5.85. The van der Waals surface area contributed by atoms with Crippen LogP contribution in [0.1, 0.15) is 11.1 Å². The Hall–Kier alpha value is -2.55. The first-order chi connectivity index (χ1) is 11.2. The third-order valence-electron chi connectivity index (χ3n) is 4.65. The number of methoxy groups -OCH3 is 2. The van der Waals surface area contributed by atoms with Gasteiger partial charge in [0.15, 0.2) is 24.2 Å². The number of fused-ring (bicyclic) bond motifs is 4. The van der Waals surface area contributed by atoms with E-state index in [2.05, 4.69) is 54.1 Å². The fourth-order valence-corrected chi connectivity index (χ4v) is 3.43. The maximum Gasteiger partial charge on any atom is 0.213 e. The van der Waals surface area contributed by atoms with E-state index < -0.39 is 0 Å². The number of aromatic nitrogens is 1. The van der Waals surface area contributed by atoms with Gasteiger partial charge in [0.1, 0.15) is 0 Å². The number of pyridine rings is 1. The monoisotopic (exact) mass is 306 g/mol. The van der Waals surface area contributed by atoms with Crippen molar-refractivity contribution < 1.29 is 14.0 Å². The van der Waals surface area contributed by atoms with Crippen molar-refractivity contribution in [3.8, 4) is 22.8 Å². The summed E-state index contributed by atoms with van der Waals surface area (Å²) in [5.41, 5.74) is 5.08. The summed E-state index contributed by atoms with van der Waals surface area (Å²) in [7, 11) is 3.37. The van der Waals surface area contributed by atoms with Crippen LogP contribution in [0.3, 0.4) is 0 Å². The van der Waals surface area contributed by atoms with Crippen molar-refractivity contribution in [2.45, 2.75) is 19.9 Å². The molecule has 0 bridgehead atoms. The number of aryl methyl sites for hydroxylation is 3. The zero-order valence-electron chi connectivity index (χ0n) is 13.7. The molecular weight excluding hydrogens is 286 g/mol. The van der Waals surface area contributed by atoms with Gasteiger partial charge in [-0.3, -0.25) is 0 Å². The summed E-state index contributed by atoms with van der Waals surface area (Å²) in [4.78, 5) is 0. The summed E-state index contributed by atoms with van der Waals surface area (Å²) in [6.45, 7) is 3.12. The summed E-state index contributed by atoms with van der Waals surface area (Å²) in [6, 6.07) is 13.1. The van der Waals surface area contributed by atoms with Crippen LogP contribution in [0.5, 0.6) is 11.5 Å². The Balaban J connectivity index is 1.96. The van der Waals surface area contributed by atoms with E-state index >= 15 is 0 Å². The van der Waals surface area contributed by atoms with Crippen LogP contribution >= 0.6 is 0 Å². The van der Waals surface area contributed by atoms with E-state index in [1.807, 2.05) is 0 Å². The maximum absolute atomic E-state index is 5.49. The van der Waals surface area contributed by atoms with Gasteiger partial charge < -0.3 is 9.47 Å². The molecule has 116 valence electrons. The lowest BCUT2D eigenvalue weighted by atomic mass is 9.95. The Labute approximate surface area is 136 Å². The van der Waals surface area contributed by atoms with Crippen LogP contribution in [0, 0.1) is 6.92 Å². The van der Waals surface area contributed by atoms with Crippen molar-refractivity contribution in [2.24, 2.45) is 0 Å². The van der Waals surface area contributed by atoms with Crippen LogP contribution in [0.4, 0.5) is 0 Å². The standard InChI is InChI=1S/C20H20NO2/c1-13-4-5-14-9-18-17-11-20(23-3)19(22-2)10-15(17)6-7-21(18)12-16(14)8-13/h4-5,8-12H,6-7H2,1-3H3/q+1. The van der Waals surface area contributed by atoms with Gasteiger partial charge in [-0.05, 0) is 36.1 Å². The van der Waals surface area contributed by atoms with Crippen LogP contribution < -0.4 is 14.0 Å². The normalized spacial score (nSPS) is 12.7. The van der Waals surface area contributed by atoms with Crippen molar-refractivity contribution in [2.75, 3.05) is 14.2 Å². The minimum absolute atomic E-state index is 0.781. The minimum Gasteiger partial charge on any atom is -0.493 e. The predicted octanol–water partition coefficient (Wildman–Crippen LogP) is 3.68. The second kappa shape index (κ2) is 5.27. The quantitative estimate of drug-likeness (QED) is 0.674. The molecule has 0 saturated heterocycles. The van der Waals surface area contributed by atoms with E-state index in [1.165, 1.54) is 33.2 Å². The average molecular weight is 306 g/mol. The Bertz CT molecular complexity index is 915. The second-order valence-corrected chi connectivity index (χ2v) is 6.10. The van der Waals surface area contributed by atoms with E-state index in [9.17, 15) is 0 Å². The molecule has 0 radical (unpaired) electrons. The first-order valence-electron chi connectivity index (χ1n) is 7.89. The second-order valence-electron chi connectivity index (χ2n) is 6.10. The summed E-state index contributed by atoms with van der Waals surface area (Å²) >= 11 is 0. The number of rotatable bonds is 2. The molecule has 0 atom stereocenters. The average Bonchev–Trinajstić information content (AvgIpc) is 2.58. The molecule has 1 aliphatic heterocycles. The number of benzene rings is 2. The fourth-order valence-electron chi connectivity index (χ4n) is 3.43. The number of hydrogen-bond donors (Lipinski definition) is 0. The Kier molecular flexibility index (Phi) is 3.22. The number of nitrogens with zero attached hydrogens (tertiary/aromatic N) is 1. The van der Waals surface area contributed by atoms with E-state index in [1.54, 1.807) is 14.2 Å². The highest BCUT2D eigenvalue weighted by atomic mass is 16.5. The zero-order chi connectivity index (χ0) is 16.0. The van der Waals surface area contributed by atoms with Gasteiger partial charge >= 0.3 is 0 Å². The molecule has 1 aromatic heterocycles. The molecule has 3 nitrogen and oxygen atoms in total. The lowest BCUT2D eigenvalue weighted by Crippen LogP contribution is -2.40. The topological polar surface area (TPSA) is 22.3 Å². The highest BCUT2D eigenvalue weighted by Crippen LogP contribution is 2.37. The Morgan fingerprint density at radius 2 is 1.70 bits per heavy atom. The summed E-state index contributed by atoms with van der Waals surface area (Å²) in [5.74, 6) is 1.58. The minimum atomic E-state index is 0.781. The highest BCUT2D eigenvalue weighted by Gasteiger charge is 2.25. The van der Waals surface area contributed by atoms with Gasteiger partial charge in [0.05, 0.1) is 19.8 Å². The summed E-state index contributed by atoms with van der Waals surface area (Å²) in [5, 5.41) is 2.56. The molecule has 0 N–H and O–H groups in total. The van der Waals surface area contributed by atoms with E-state index in [-0.39, 0.29) is 0 Å². The molecule has 23 heavy (non-hydrogen) atoms. The third kappa shape index (κ3) is 2.24. The van der Waals surface area contributed by atoms with Crippen LogP contribution in [0.25, 0.3) is 22.0 Å². The molecule has 0 saturated carbocycles. The van der Waals surface area contributed by atoms with Gasteiger partial charge in [0.2, 0.25) is 5.69 Å². The predicted molar refractivity (Wildman–Crippen MR) is 91.1 cm³/mol. The van der Waals surface area contributed by atoms with Gasteiger partial charge in [-0.1, -0.05) is 17.7 Å². The SMILES string of the molecule is COc1cc2c(cc1OC)-c1cc3ccc(C)cc3c[n+]1CC2. The number of hydrogen-bond acceptors (Lipinski definition) is 2. The molecule has 0 aliphatic carbocycles. The molecule has 3 heteroatoms. The van der Waals surface area contributed by atoms with Crippen molar-refractivity contribution in [1.82, 2.24) is 0 Å². The van der Waals surface area contributed by atoms with Gasteiger partial charge in [0.25, 0.3) is 0 Å². The maximum atomic E-state index is 5.49. The van der Waals surface area contributed by atoms with Gasteiger partial charge in [-0.15, -0.1) is 0 Å². The van der Waals surface area contributed by atoms with Crippen LogP contribution in [0.2, 0.25) is 0 Å². The van der Waals surface area contributed by atoms with Crippen molar-refractivity contribution in [3.05, 3.63) is 53.7 Å². The first kappa shape index (κ1) is 14.1. The van der Waals surface area contributed by atoms with Crippen LogP contribution in [-0.4, -0.2) is 14.2 Å².